The summed E-state index contributed by atoms with van der Waals surface area (Å²) in [5.74, 6) is -0.418. The first-order valence-electron chi connectivity index (χ1n) is 5.94. The maximum Gasteiger partial charge on any atom is 0.254 e. The molecule has 2 atom stereocenters. The minimum atomic E-state index is -1.43. The molecule has 1 fully saturated rings. The van der Waals surface area contributed by atoms with Crippen LogP contribution in [0.15, 0.2) is 0 Å². The van der Waals surface area contributed by atoms with E-state index in [1.807, 2.05) is 20.8 Å². The van der Waals surface area contributed by atoms with E-state index in [0.29, 0.717) is 6.54 Å². The van der Waals surface area contributed by atoms with E-state index in [0.717, 1.165) is 0 Å². The van der Waals surface area contributed by atoms with Gasteiger partial charge in [0.25, 0.3) is 5.91 Å². The Hall–Kier alpha value is -0.680. The molecular weight excluding hydrogens is 223 g/mol. The Balaban J connectivity index is 2.64. The van der Waals surface area contributed by atoms with Crippen LogP contribution >= 0.6 is 0 Å². The molecule has 1 saturated heterocycles. The largest absolute Gasteiger partial charge is 0.381 e. The Labute approximate surface area is 102 Å². The molecule has 4 nitrogen and oxygen atoms in total. The minimum Gasteiger partial charge on any atom is -0.381 e. The van der Waals surface area contributed by atoms with E-state index in [4.69, 9.17) is 0 Å². The van der Waals surface area contributed by atoms with Crippen molar-refractivity contribution in [3.8, 4) is 0 Å². The number of hydrogen-bond donors (Lipinski definition) is 2. The van der Waals surface area contributed by atoms with Gasteiger partial charge in [0.15, 0.2) is 0 Å². The first-order chi connectivity index (χ1) is 7.50. The van der Waals surface area contributed by atoms with Gasteiger partial charge in [0, 0.05) is 12.1 Å². The summed E-state index contributed by atoms with van der Waals surface area (Å²) in [6.45, 7) is 9.08. The highest BCUT2D eigenvalue weighted by molar-refractivity contribution is 5.84. The summed E-state index contributed by atoms with van der Waals surface area (Å²) in [5.41, 5.74) is -1.63. The van der Waals surface area contributed by atoms with Gasteiger partial charge in [-0.25, -0.2) is 4.39 Å². The summed E-state index contributed by atoms with van der Waals surface area (Å²) in [7, 11) is 0. The van der Waals surface area contributed by atoms with Gasteiger partial charge in [-0.15, -0.1) is 0 Å². The van der Waals surface area contributed by atoms with Crippen LogP contribution < -0.4 is 5.32 Å². The van der Waals surface area contributed by atoms with Gasteiger partial charge in [-0.2, -0.15) is 0 Å². The Morgan fingerprint density at radius 3 is 2.24 bits per heavy atom. The average Bonchev–Trinajstić information content (AvgIpc) is 2.42. The number of nitrogens with one attached hydrogen (secondary N) is 1. The molecule has 1 amide bonds. The molecule has 0 aliphatic carbocycles. The van der Waals surface area contributed by atoms with Gasteiger partial charge < -0.3 is 15.3 Å². The van der Waals surface area contributed by atoms with Crippen molar-refractivity contribution in [3.63, 3.8) is 0 Å². The lowest BCUT2D eigenvalue weighted by Crippen LogP contribution is -2.49. The molecule has 0 aromatic heterocycles. The van der Waals surface area contributed by atoms with E-state index in [2.05, 4.69) is 5.32 Å². The fraction of sp³-hybridized carbons (Fsp3) is 0.917. The highest BCUT2D eigenvalue weighted by Gasteiger charge is 2.40. The van der Waals surface area contributed by atoms with Crippen molar-refractivity contribution in [2.24, 2.45) is 0 Å². The number of alkyl halides is 1. The number of likely N-dealkylation sites (tertiary alicyclic amines) is 1. The Morgan fingerprint density at radius 2 is 1.82 bits per heavy atom. The maximum atomic E-state index is 13.8. The normalized spacial score (nSPS) is 26.4. The fourth-order valence-electron chi connectivity index (χ4n) is 2.01. The summed E-state index contributed by atoms with van der Waals surface area (Å²) in [5, 5.41) is 12.8. The van der Waals surface area contributed by atoms with E-state index in [1.54, 1.807) is 0 Å². The van der Waals surface area contributed by atoms with Gasteiger partial charge in [0.1, 0.15) is 11.8 Å². The van der Waals surface area contributed by atoms with Crippen LogP contribution in [0.2, 0.25) is 0 Å². The summed E-state index contributed by atoms with van der Waals surface area (Å²) in [6.07, 6.45) is -1.08. The Morgan fingerprint density at radius 1 is 1.29 bits per heavy atom. The molecule has 2 N–H and O–H groups in total. The number of carbonyl (C=O) groups excluding carboxylic acids is 1. The Bertz CT molecular complexity index is 294. The zero-order valence-corrected chi connectivity index (χ0v) is 11.2. The topological polar surface area (TPSA) is 52.6 Å². The molecule has 1 aliphatic heterocycles. The van der Waals surface area contributed by atoms with Crippen LogP contribution in [0.1, 0.15) is 34.6 Å². The van der Waals surface area contributed by atoms with E-state index in [9.17, 15) is 14.3 Å². The van der Waals surface area contributed by atoms with Crippen LogP contribution in [-0.4, -0.2) is 52.4 Å². The third-order valence-corrected chi connectivity index (χ3v) is 2.68. The lowest BCUT2D eigenvalue weighted by Gasteiger charge is -2.27. The predicted molar refractivity (Wildman–Crippen MR) is 64.5 cm³/mol. The van der Waals surface area contributed by atoms with Crippen LogP contribution in [0, 0.1) is 0 Å². The first-order valence-corrected chi connectivity index (χ1v) is 5.94. The second-order valence-electron chi connectivity index (χ2n) is 6.29. The van der Waals surface area contributed by atoms with Crippen molar-refractivity contribution >= 4 is 5.91 Å². The highest BCUT2D eigenvalue weighted by Crippen LogP contribution is 2.19. The zero-order chi connectivity index (χ0) is 13.4. The van der Waals surface area contributed by atoms with Gasteiger partial charge >= 0.3 is 0 Å². The number of aliphatic hydroxyl groups is 1. The van der Waals surface area contributed by atoms with E-state index >= 15 is 0 Å². The lowest BCUT2D eigenvalue weighted by molar-refractivity contribution is -0.146. The van der Waals surface area contributed by atoms with Crippen LogP contribution in [0.25, 0.3) is 0 Å². The lowest BCUT2D eigenvalue weighted by atomic mass is 10.1. The molecule has 1 aliphatic rings. The molecule has 100 valence electrons. The molecule has 0 unspecified atom stereocenters. The van der Waals surface area contributed by atoms with E-state index < -0.39 is 17.7 Å². The standard InChI is InChI=1S/C12H23FN2O2/c1-11(2,3)14-9-7-15(6-8(9)13)10(16)12(4,5)17/h8-9,14,17H,6-7H2,1-5H3/t8-,9+/m0/s1. The van der Waals surface area contributed by atoms with Crippen molar-refractivity contribution in [2.75, 3.05) is 13.1 Å². The van der Waals surface area contributed by atoms with Gasteiger partial charge in [0.2, 0.25) is 0 Å². The van der Waals surface area contributed by atoms with Crippen molar-refractivity contribution in [1.29, 1.82) is 0 Å². The van der Waals surface area contributed by atoms with Crippen LogP contribution in [0.3, 0.4) is 0 Å². The summed E-state index contributed by atoms with van der Waals surface area (Å²) in [4.78, 5) is 13.2. The van der Waals surface area contributed by atoms with Gasteiger partial charge in [0.05, 0.1) is 12.6 Å². The van der Waals surface area contributed by atoms with Crippen LogP contribution in [-0.2, 0) is 4.79 Å². The monoisotopic (exact) mass is 246 g/mol. The molecule has 17 heavy (non-hydrogen) atoms. The molecule has 0 saturated carbocycles. The fourth-order valence-corrected chi connectivity index (χ4v) is 2.01. The summed E-state index contributed by atoms with van der Waals surface area (Å²) in [6, 6.07) is -0.360. The molecular formula is C12H23FN2O2. The predicted octanol–water partition coefficient (Wildman–Crippen LogP) is 0.694. The van der Waals surface area contributed by atoms with Gasteiger partial charge in [-0.3, -0.25) is 4.79 Å². The van der Waals surface area contributed by atoms with Crippen molar-refractivity contribution in [2.45, 2.75) is 58.0 Å². The number of amides is 1. The van der Waals surface area contributed by atoms with Crippen molar-refractivity contribution in [1.82, 2.24) is 10.2 Å². The van der Waals surface area contributed by atoms with Crippen molar-refractivity contribution < 1.29 is 14.3 Å². The second kappa shape index (κ2) is 4.53. The molecule has 0 aromatic rings. The molecule has 0 aromatic carbocycles. The van der Waals surface area contributed by atoms with Gasteiger partial charge in [-0.05, 0) is 34.6 Å². The Kier molecular flexibility index (Phi) is 3.84. The van der Waals surface area contributed by atoms with Crippen molar-refractivity contribution in [3.05, 3.63) is 0 Å². The smallest absolute Gasteiger partial charge is 0.254 e. The maximum absolute atomic E-state index is 13.8. The van der Waals surface area contributed by atoms with E-state index in [-0.39, 0.29) is 18.1 Å². The molecule has 1 rings (SSSR count). The molecule has 0 spiro atoms. The third-order valence-electron chi connectivity index (χ3n) is 2.68. The minimum absolute atomic E-state index is 0.0522. The molecule has 0 radical (unpaired) electrons. The number of carbonyl (C=O) groups is 1. The SMILES string of the molecule is CC(C)(C)N[C@@H]1CN(C(=O)C(C)(C)O)C[C@@H]1F. The second-order valence-corrected chi connectivity index (χ2v) is 6.29. The van der Waals surface area contributed by atoms with E-state index in [1.165, 1.54) is 18.7 Å². The number of rotatable bonds is 2. The molecule has 1 heterocycles. The zero-order valence-electron chi connectivity index (χ0n) is 11.2. The van der Waals surface area contributed by atoms with Crippen LogP contribution in [0.4, 0.5) is 4.39 Å². The average molecular weight is 246 g/mol. The summed E-state index contributed by atoms with van der Waals surface area (Å²) >= 11 is 0. The quantitative estimate of drug-likeness (QED) is 0.754. The highest BCUT2D eigenvalue weighted by atomic mass is 19.1. The van der Waals surface area contributed by atoms with Gasteiger partial charge in [-0.1, -0.05) is 0 Å². The number of hydrogen-bond acceptors (Lipinski definition) is 3. The number of halogens is 1. The summed E-state index contributed by atoms with van der Waals surface area (Å²) < 4.78 is 13.8. The molecule has 0 bridgehead atoms. The van der Waals surface area contributed by atoms with Crippen LogP contribution in [0.5, 0.6) is 0 Å². The molecule has 5 heteroatoms. The first kappa shape index (κ1) is 14.4. The third kappa shape index (κ3) is 3.92. The number of nitrogens with zero attached hydrogens (tertiary/aromatic N) is 1.